The van der Waals surface area contributed by atoms with Crippen molar-refractivity contribution in [2.24, 2.45) is 0 Å². The molecule has 0 radical (unpaired) electrons. The fourth-order valence-corrected chi connectivity index (χ4v) is 1.34. The largest absolute Gasteiger partial charge is 0.298 e. The Morgan fingerprint density at radius 2 is 2.23 bits per heavy atom. The molecule has 1 aromatic carbocycles. The topological polar surface area (TPSA) is 17.1 Å². The van der Waals surface area contributed by atoms with E-state index in [-0.39, 0.29) is 11.4 Å². The van der Waals surface area contributed by atoms with Crippen LogP contribution in [0.3, 0.4) is 0 Å². The van der Waals surface area contributed by atoms with Crippen molar-refractivity contribution in [1.82, 2.24) is 0 Å². The van der Waals surface area contributed by atoms with E-state index >= 15 is 0 Å². The Balaban J connectivity index is 3.19. The van der Waals surface area contributed by atoms with Crippen LogP contribution >= 0.6 is 0 Å². The van der Waals surface area contributed by atoms with Crippen LogP contribution in [0.1, 0.15) is 29.3 Å². The zero-order valence-electron chi connectivity index (χ0n) is 7.93. The molecule has 0 aliphatic carbocycles. The highest BCUT2D eigenvalue weighted by Gasteiger charge is 2.08. The molecule has 0 atom stereocenters. The van der Waals surface area contributed by atoms with Gasteiger partial charge in [-0.15, -0.1) is 0 Å². The summed E-state index contributed by atoms with van der Waals surface area (Å²) < 4.78 is 13.5. The van der Waals surface area contributed by atoms with Gasteiger partial charge in [-0.2, -0.15) is 0 Å². The molecule has 68 valence electrons. The van der Waals surface area contributed by atoms with E-state index in [1.807, 2.05) is 6.92 Å². The molecular weight excluding hydrogens is 166 g/mol. The number of hydrogen-bond donors (Lipinski definition) is 0. The number of carbonyl (C=O) groups excluding carboxylic acids is 1. The predicted molar refractivity (Wildman–Crippen MR) is 54.0 cm³/mol. The van der Waals surface area contributed by atoms with Crippen molar-refractivity contribution in [3.8, 4) is 0 Å². The Morgan fingerprint density at radius 3 is 2.77 bits per heavy atom. The maximum Gasteiger partial charge on any atom is 0.152 e. The second-order valence-electron chi connectivity index (χ2n) is 3.14. The maximum absolute atomic E-state index is 13.5. The molecule has 0 N–H and O–H groups in total. The molecule has 0 heterocycles. The van der Waals surface area contributed by atoms with E-state index in [1.165, 1.54) is 0 Å². The van der Waals surface area contributed by atoms with Gasteiger partial charge in [-0.05, 0) is 12.0 Å². The van der Waals surface area contributed by atoms with Crippen molar-refractivity contribution in [2.45, 2.75) is 19.8 Å². The SMILES string of the molecule is Bc1ccc(CCC)c(F)c1C=O. The van der Waals surface area contributed by atoms with Gasteiger partial charge in [-0.3, -0.25) is 4.79 Å². The van der Waals surface area contributed by atoms with Crippen LogP contribution in [-0.4, -0.2) is 14.1 Å². The van der Waals surface area contributed by atoms with E-state index in [2.05, 4.69) is 0 Å². The van der Waals surface area contributed by atoms with Crippen LogP contribution in [0, 0.1) is 5.82 Å². The van der Waals surface area contributed by atoms with Gasteiger partial charge >= 0.3 is 0 Å². The van der Waals surface area contributed by atoms with Gasteiger partial charge in [0.2, 0.25) is 0 Å². The molecule has 0 amide bonds. The molecule has 1 aromatic rings. The van der Waals surface area contributed by atoms with Crippen LogP contribution in [0.4, 0.5) is 4.39 Å². The minimum atomic E-state index is -0.350. The van der Waals surface area contributed by atoms with Crippen molar-refractivity contribution < 1.29 is 9.18 Å². The smallest absolute Gasteiger partial charge is 0.152 e. The van der Waals surface area contributed by atoms with Crippen molar-refractivity contribution in [2.75, 3.05) is 0 Å². The Labute approximate surface area is 78.4 Å². The van der Waals surface area contributed by atoms with Crippen molar-refractivity contribution >= 4 is 19.6 Å². The molecular formula is C10H12BFO. The Bertz CT molecular complexity index is 323. The molecule has 0 saturated carbocycles. The second-order valence-corrected chi connectivity index (χ2v) is 3.14. The number of hydrogen-bond acceptors (Lipinski definition) is 1. The van der Waals surface area contributed by atoms with Crippen molar-refractivity contribution in [1.29, 1.82) is 0 Å². The zero-order valence-corrected chi connectivity index (χ0v) is 7.93. The average Bonchev–Trinajstić information content (AvgIpc) is 2.11. The first-order chi connectivity index (χ1) is 6.20. The molecule has 0 fully saturated rings. The lowest BCUT2D eigenvalue weighted by Gasteiger charge is -2.05. The van der Waals surface area contributed by atoms with Crippen LogP contribution in [0.5, 0.6) is 0 Å². The number of benzene rings is 1. The van der Waals surface area contributed by atoms with Crippen LogP contribution < -0.4 is 5.46 Å². The zero-order chi connectivity index (χ0) is 9.84. The predicted octanol–water partition coefficient (Wildman–Crippen LogP) is 0.849. The lowest BCUT2D eigenvalue weighted by molar-refractivity contribution is 0.112. The molecule has 0 bridgehead atoms. The minimum absolute atomic E-state index is 0.200. The van der Waals surface area contributed by atoms with Crippen molar-refractivity contribution in [3.63, 3.8) is 0 Å². The summed E-state index contributed by atoms with van der Waals surface area (Å²) in [5, 5.41) is 0. The molecule has 0 aliphatic rings. The summed E-state index contributed by atoms with van der Waals surface area (Å²) in [5.74, 6) is -0.350. The Hall–Kier alpha value is -1.12. The summed E-state index contributed by atoms with van der Waals surface area (Å²) >= 11 is 0. The molecule has 0 spiro atoms. The number of halogens is 1. The van der Waals surface area contributed by atoms with Crippen LogP contribution in [-0.2, 0) is 6.42 Å². The van der Waals surface area contributed by atoms with Gasteiger partial charge in [0.1, 0.15) is 13.7 Å². The number of rotatable bonds is 3. The molecule has 1 nitrogen and oxygen atoms in total. The van der Waals surface area contributed by atoms with Crippen LogP contribution in [0.15, 0.2) is 12.1 Å². The molecule has 0 saturated heterocycles. The summed E-state index contributed by atoms with van der Waals surface area (Å²) in [6, 6.07) is 3.54. The van der Waals surface area contributed by atoms with Gasteiger partial charge in [0.05, 0.1) is 0 Å². The monoisotopic (exact) mass is 178 g/mol. The minimum Gasteiger partial charge on any atom is -0.298 e. The van der Waals surface area contributed by atoms with E-state index in [9.17, 15) is 9.18 Å². The van der Waals surface area contributed by atoms with Gasteiger partial charge in [-0.1, -0.05) is 30.9 Å². The van der Waals surface area contributed by atoms with Crippen molar-refractivity contribution in [3.05, 3.63) is 29.1 Å². The summed E-state index contributed by atoms with van der Waals surface area (Å²) in [5.41, 5.74) is 1.54. The molecule has 0 aliphatic heterocycles. The highest BCUT2D eigenvalue weighted by Crippen LogP contribution is 2.11. The first kappa shape index (κ1) is 9.97. The van der Waals surface area contributed by atoms with Gasteiger partial charge in [0, 0.05) is 5.56 Å². The van der Waals surface area contributed by atoms with Gasteiger partial charge in [0.25, 0.3) is 0 Å². The molecule has 3 heteroatoms. The summed E-state index contributed by atoms with van der Waals surface area (Å²) in [7, 11) is 1.74. The number of carbonyl (C=O) groups is 1. The van der Waals surface area contributed by atoms with Crippen LogP contribution in [0.2, 0.25) is 0 Å². The third-order valence-electron chi connectivity index (χ3n) is 2.11. The Kier molecular flexibility index (Phi) is 3.23. The quantitative estimate of drug-likeness (QED) is 0.495. The van der Waals surface area contributed by atoms with E-state index < -0.39 is 0 Å². The standard InChI is InChI=1S/C10H12BFO/c1-2-3-7-4-5-9(11)8(6-13)10(7)12/h4-6H,2-3,11H2,1H3. The fraction of sp³-hybridized carbons (Fsp3) is 0.300. The van der Waals surface area contributed by atoms with E-state index in [0.717, 1.165) is 6.42 Å². The summed E-state index contributed by atoms with van der Waals surface area (Å²) in [4.78, 5) is 10.6. The number of aldehydes is 1. The second kappa shape index (κ2) is 4.22. The third-order valence-corrected chi connectivity index (χ3v) is 2.11. The van der Waals surface area contributed by atoms with E-state index in [4.69, 9.17) is 0 Å². The van der Waals surface area contributed by atoms with Gasteiger partial charge in [-0.25, -0.2) is 4.39 Å². The molecule has 13 heavy (non-hydrogen) atoms. The summed E-state index contributed by atoms with van der Waals surface area (Å²) in [6.45, 7) is 1.99. The van der Waals surface area contributed by atoms with Gasteiger partial charge in [0.15, 0.2) is 6.29 Å². The van der Waals surface area contributed by atoms with Crippen LogP contribution in [0.25, 0.3) is 0 Å². The first-order valence-electron chi connectivity index (χ1n) is 4.43. The van der Waals surface area contributed by atoms with E-state index in [1.54, 1.807) is 20.0 Å². The highest BCUT2D eigenvalue weighted by atomic mass is 19.1. The average molecular weight is 178 g/mol. The third kappa shape index (κ3) is 1.97. The maximum atomic E-state index is 13.5. The fourth-order valence-electron chi connectivity index (χ4n) is 1.34. The highest BCUT2D eigenvalue weighted by molar-refractivity contribution is 6.35. The Morgan fingerprint density at radius 1 is 1.54 bits per heavy atom. The molecule has 1 rings (SSSR count). The molecule has 0 unspecified atom stereocenters. The molecule has 0 aromatic heterocycles. The number of aryl methyl sites for hydroxylation is 1. The summed E-state index contributed by atoms with van der Waals surface area (Å²) in [6.07, 6.45) is 2.16. The van der Waals surface area contributed by atoms with E-state index in [0.29, 0.717) is 23.7 Å². The normalized spacial score (nSPS) is 10.0. The lowest BCUT2D eigenvalue weighted by Crippen LogP contribution is -2.13. The lowest BCUT2D eigenvalue weighted by atomic mass is 9.88. The first-order valence-corrected chi connectivity index (χ1v) is 4.43. The van der Waals surface area contributed by atoms with Gasteiger partial charge < -0.3 is 0 Å².